The molecule has 0 heterocycles. The Morgan fingerprint density at radius 1 is 1.17 bits per heavy atom. The smallest absolute Gasteiger partial charge is 0.313 e. The maximum Gasteiger partial charge on any atom is 0.313 e. The number of Topliss-reactive ketones (excluding diaryl/α,β-unsaturated/α-hetero) is 1. The Labute approximate surface area is 107 Å². The zero-order chi connectivity index (χ0) is 13.2. The summed E-state index contributed by atoms with van der Waals surface area (Å²) in [6, 6.07) is 9.72. The summed E-state index contributed by atoms with van der Waals surface area (Å²) in [5.41, 5.74) is 1.07. The van der Waals surface area contributed by atoms with E-state index in [-0.39, 0.29) is 18.6 Å². The van der Waals surface area contributed by atoms with Crippen molar-refractivity contribution in [3.8, 4) is 0 Å². The summed E-state index contributed by atoms with van der Waals surface area (Å²) >= 11 is 0. The lowest BCUT2D eigenvalue weighted by Gasteiger charge is -2.04. The number of benzene rings is 1. The molecule has 0 saturated carbocycles. The summed E-state index contributed by atoms with van der Waals surface area (Å²) in [6.07, 6.45) is 0.0776. The van der Waals surface area contributed by atoms with E-state index in [1.165, 1.54) is 0 Å². The van der Waals surface area contributed by atoms with Gasteiger partial charge in [0, 0.05) is 6.42 Å². The fourth-order valence-corrected chi connectivity index (χ4v) is 1.41. The van der Waals surface area contributed by atoms with Crippen molar-refractivity contribution in [1.82, 2.24) is 0 Å². The number of carbonyl (C=O) groups is 2. The molecule has 0 radical (unpaired) electrons. The third-order valence-corrected chi connectivity index (χ3v) is 2.28. The van der Waals surface area contributed by atoms with Gasteiger partial charge in [-0.05, 0) is 12.5 Å². The SMILES string of the molecule is CCOC(=O)CC(=O)CCOCc1ccccc1. The molecule has 1 rings (SSSR count). The predicted molar refractivity (Wildman–Crippen MR) is 67.0 cm³/mol. The van der Waals surface area contributed by atoms with Crippen LogP contribution in [0, 0.1) is 0 Å². The second-order valence-corrected chi connectivity index (χ2v) is 3.81. The first-order chi connectivity index (χ1) is 8.72. The Morgan fingerprint density at radius 3 is 2.56 bits per heavy atom. The van der Waals surface area contributed by atoms with Gasteiger partial charge in [0.05, 0.1) is 19.8 Å². The fourth-order valence-electron chi connectivity index (χ4n) is 1.41. The summed E-state index contributed by atoms with van der Waals surface area (Å²) in [6.45, 7) is 2.82. The minimum Gasteiger partial charge on any atom is -0.466 e. The number of hydrogen-bond donors (Lipinski definition) is 0. The topological polar surface area (TPSA) is 52.6 Å². The number of esters is 1. The highest BCUT2D eigenvalue weighted by Crippen LogP contribution is 2.01. The molecule has 0 aromatic heterocycles. The van der Waals surface area contributed by atoms with Crippen molar-refractivity contribution in [2.45, 2.75) is 26.4 Å². The molecule has 1 aromatic rings. The zero-order valence-corrected chi connectivity index (χ0v) is 10.6. The average Bonchev–Trinajstić information content (AvgIpc) is 2.36. The monoisotopic (exact) mass is 250 g/mol. The molecule has 4 heteroatoms. The molecule has 0 N–H and O–H groups in total. The molecule has 1 aromatic carbocycles. The molecule has 0 spiro atoms. The molecule has 98 valence electrons. The van der Waals surface area contributed by atoms with Gasteiger partial charge in [0.2, 0.25) is 0 Å². The second-order valence-electron chi connectivity index (χ2n) is 3.81. The van der Waals surface area contributed by atoms with Crippen LogP contribution in [0.2, 0.25) is 0 Å². The van der Waals surface area contributed by atoms with Gasteiger partial charge >= 0.3 is 5.97 Å². The Hall–Kier alpha value is -1.68. The van der Waals surface area contributed by atoms with E-state index in [2.05, 4.69) is 4.74 Å². The molecule has 0 aliphatic heterocycles. The van der Waals surface area contributed by atoms with Gasteiger partial charge in [0.25, 0.3) is 0 Å². The minimum absolute atomic E-state index is 0.151. The maximum atomic E-state index is 11.4. The Morgan fingerprint density at radius 2 is 1.89 bits per heavy atom. The first-order valence-electron chi connectivity index (χ1n) is 6.01. The first-order valence-corrected chi connectivity index (χ1v) is 6.01. The molecule has 18 heavy (non-hydrogen) atoms. The van der Waals surface area contributed by atoms with Crippen molar-refractivity contribution in [3.63, 3.8) is 0 Å². The third-order valence-electron chi connectivity index (χ3n) is 2.28. The molecule has 0 amide bonds. The highest BCUT2D eigenvalue weighted by Gasteiger charge is 2.09. The van der Waals surface area contributed by atoms with Crippen LogP contribution in [0.1, 0.15) is 25.3 Å². The first kappa shape index (κ1) is 14.4. The van der Waals surface area contributed by atoms with Crippen LogP contribution in [0.5, 0.6) is 0 Å². The van der Waals surface area contributed by atoms with Crippen LogP contribution in [0.15, 0.2) is 30.3 Å². The number of ketones is 1. The van der Waals surface area contributed by atoms with Gasteiger partial charge in [-0.1, -0.05) is 30.3 Å². The lowest BCUT2D eigenvalue weighted by Crippen LogP contribution is -2.12. The Bertz CT molecular complexity index is 373. The molecule has 0 aliphatic rings. The molecule has 0 aliphatic carbocycles. The maximum absolute atomic E-state index is 11.4. The minimum atomic E-state index is -0.467. The van der Waals surface area contributed by atoms with E-state index in [1.54, 1.807) is 6.92 Å². The largest absolute Gasteiger partial charge is 0.466 e. The molecule has 0 unspecified atom stereocenters. The van der Waals surface area contributed by atoms with Crippen molar-refractivity contribution in [2.75, 3.05) is 13.2 Å². The fraction of sp³-hybridized carbons (Fsp3) is 0.429. The number of carbonyl (C=O) groups excluding carboxylic acids is 2. The van der Waals surface area contributed by atoms with Crippen LogP contribution >= 0.6 is 0 Å². The van der Waals surface area contributed by atoms with Crippen molar-refractivity contribution in [2.24, 2.45) is 0 Å². The van der Waals surface area contributed by atoms with Crippen LogP contribution in [0.3, 0.4) is 0 Å². The third kappa shape index (κ3) is 6.15. The van der Waals surface area contributed by atoms with E-state index in [0.717, 1.165) is 5.56 Å². The van der Waals surface area contributed by atoms with Crippen LogP contribution in [-0.4, -0.2) is 25.0 Å². The van der Waals surface area contributed by atoms with Gasteiger partial charge in [-0.2, -0.15) is 0 Å². The van der Waals surface area contributed by atoms with Crippen LogP contribution in [0.4, 0.5) is 0 Å². The van der Waals surface area contributed by atoms with Gasteiger partial charge in [-0.25, -0.2) is 0 Å². The van der Waals surface area contributed by atoms with E-state index in [0.29, 0.717) is 19.8 Å². The van der Waals surface area contributed by atoms with E-state index in [4.69, 9.17) is 4.74 Å². The predicted octanol–water partition coefficient (Wildman–Crippen LogP) is 2.12. The highest BCUT2D eigenvalue weighted by molar-refractivity contribution is 5.95. The Balaban J connectivity index is 2.11. The summed E-state index contributed by atoms with van der Waals surface area (Å²) < 4.78 is 10.0. The second kappa shape index (κ2) is 8.42. The molecule has 4 nitrogen and oxygen atoms in total. The molecule has 0 bridgehead atoms. The quantitative estimate of drug-likeness (QED) is 0.403. The van der Waals surface area contributed by atoms with E-state index in [1.807, 2.05) is 30.3 Å². The van der Waals surface area contributed by atoms with Gasteiger partial charge in [0.1, 0.15) is 12.2 Å². The van der Waals surface area contributed by atoms with Gasteiger partial charge in [-0.3, -0.25) is 9.59 Å². The summed E-state index contributed by atoms with van der Waals surface area (Å²) in [5, 5.41) is 0. The number of ether oxygens (including phenoxy) is 2. The van der Waals surface area contributed by atoms with Gasteiger partial charge < -0.3 is 9.47 Å². The zero-order valence-electron chi connectivity index (χ0n) is 10.6. The lowest BCUT2D eigenvalue weighted by molar-refractivity contribution is -0.145. The van der Waals surface area contributed by atoms with Crippen LogP contribution in [0.25, 0.3) is 0 Å². The Kier molecular flexibility index (Phi) is 6.72. The van der Waals surface area contributed by atoms with Crippen molar-refractivity contribution < 1.29 is 19.1 Å². The molecular weight excluding hydrogens is 232 g/mol. The normalized spacial score (nSPS) is 10.1. The van der Waals surface area contributed by atoms with Crippen molar-refractivity contribution >= 4 is 11.8 Å². The average molecular weight is 250 g/mol. The number of rotatable bonds is 8. The number of hydrogen-bond acceptors (Lipinski definition) is 4. The molecule has 0 atom stereocenters. The van der Waals surface area contributed by atoms with Crippen molar-refractivity contribution in [3.05, 3.63) is 35.9 Å². The van der Waals surface area contributed by atoms with E-state index >= 15 is 0 Å². The van der Waals surface area contributed by atoms with Crippen molar-refractivity contribution in [1.29, 1.82) is 0 Å². The molecule has 0 fully saturated rings. The molecule has 0 saturated heterocycles. The summed E-state index contributed by atoms with van der Waals surface area (Å²) in [4.78, 5) is 22.4. The summed E-state index contributed by atoms with van der Waals surface area (Å²) in [5.74, 6) is -0.618. The van der Waals surface area contributed by atoms with Gasteiger partial charge in [-0.15, -0.1) is 0 Å². The highest BCUT2D eigenvalue weighted by atomic mass is 16.5. The van der Waals surface area contributed by atoms with Crippen LogP contribution < -0.4 is 0 Å². The molecular formula is C14H18O4. The lowest BCUT2D eigenvalue weighted by atomic mass is 10.2. The standard InChI is InChI=1S/C14H18O4/c1-2-18-14(16)10-13(15)8-9-17-11-12-6-4-3-5-7-12/h3-7H,2,8-11H2,1H3. The van der Waals surface area contributed by atoms with Crippen LogP contribution in [-0.2, 0) is 25.7 Å². The van der Waals surface area contributed by atoms with E-state index in [9.17, 15) is 9.59 Å². The summed E-state index contributed by atoms with van der Waals surface area (Å²) in [7, 11) is 0. The van der Waals surface area contributed by atoms with E-state index < -0.39 is 5.97 Å². The van der Waals surface area contributed by atoms with Gasteiger partial charge in [0.15, 0.2) is 0 Å².